The van der Waals surface area contributed by atoms with Crippen LogP contribution in [0.3, 0.4) is 0 Å². The van der Waals surface area contributed by atoms with Crippen molar-refractivity contribution in [3.05, 3.63) is 0 Å². The number of hydrogen-bond donors (Lipinski definition) is 2. The van der Waals surface area contributed by atoms with E-state index in [4.69, 9.17) is 0 Å². The summed E-state index contributed by atoms with van der Waals surface area (Å²) in [6, 6.07) is 0. The number of hydrogen-bond acceptors (Lipinski definition) is 2. The van der Waals surface area contributed by atoms with Crippen LogP contribution in [0.4, 0.5) is 0 Å². The van der Waals surface area contributed by atoms with Crippen LogP contribution in [0, 0.1) is 0 Å². The Morgan fingerprint density at radius 2 is 0.800 bits per heavy atom. The lowest BCUT2D eigenvalue weighted by Crippen LogP contribution is -2.39. The van der Waals surface area contributed by atoms with Crippen LogP contribution in [-0.4, -0.2) is 42.6 Å². The van der Waals surface area contributed by atoms with Crippen LogP contribution in [0.25, 0.3) is 0 Å². The molecule has 1 saturated heterocycles. The van der Waals surface area contributed by atoms with E-state index in [0.29, 0.717) is 0 Å². The molecular weight excluding hydrogens is 160 g/mol. The quantitative estimate of drug-likeness (QED) is 0.413. The zero-order chi connectivity index (χ0) is 4.24. The molecule has 1 fully saturated rings. The van der Waals surface area contributed by atoms with Crippen LogP contribution in [0.5, 0.6) is 0 Å². The van der Waals surface area contributed by atoms with E-state index < -0.39 is 0 Å². The Labute approximate surface area is 66.5 Å². The molecule has 0 radical (unpaired) electrons. The van der Waals surface area contributed by atoms with Gasteiger partial charge in [0.05, 0.1) is 0 Å². The van der Waals surface area contributed by atoms with Crippen LogP contribution in [-0.2, 0) is 0 Å². The fourth-order valence-electron chi connectivity index (χ4n) is 0.604. The first-order valence-electron chi connectivity index (χ1n) is 2.41. The Morgan fingerprint density at radius 1 is 0.600 bits per heavy atom. The fraction of sp³-hybridized carbons (Fsp3) is 1.00. The number of rotatable bonds is 0. The molecule has 6 heteroatoms. The second kappa shape index (κ2) is 16.0. The maximum atomic E-state index is 3.22. The molecule has 0 spiro atoms. The first kappa shape index (κ1) is 22.5. The van der Waals surface area contributed by atoms with Crippen molar-refractivity contribution in [2.75, 3.05) is 26.2 Å². The minimum Gasteiger partial charge on any atom is -0.412 e. The highest BCUT2D eigenvalue weighted by Crippen LogP contribution is 1.65. The lowest BCUT2D eigenvalue weighted by atomic mass is 10.4. The van der Waals surface area contributed by atoms with E-state index in [1.54, 1.807) is 0 Å². The van der Waals surface area contributed by atoms with Gasteiger partial charge in [0.1, 0.15) is 0 Å². The van der Waals surface area contributed by atoms with Crippen molar-refractivity contribution in [3.63, 3.8) is 0 Å². The Morgan fingerprint density at radius 3 is 0.900 bits per heavy atom. The SMILES string of the molecule is C1CNCCN1.Cl.O.O.O. The third kappa shape index (κ3) is 11.0. The molecule has 10 heavy (non-hydrogen) atoms. The summed E-state index contributed by atoms with van der Waals surface area (Å²) >= 11 is 0. The molecule has 0 bridgehead atoms. The summed E-state index contributed by atoms with van der Waals surface area (Å²) < 4.78 is 0. The predicted octanol–water partition coefficient (Wildman–Crippen LogP) is -2.87. The Bertz CT molecular complexity index is 34.0. The van der Waals surface area contributed by atoms with Gasteiger partial charge in [-0.15, -0.1) is 12.4 Å². The van der Waals surface area contributed by atoms with Crippen molar-refractivity contribution in [1.82, 2.24) is 10.6 Å². The van der Waals surface area contributed by atoms with Crippen LogP contribution in [0.15, 0.2) is 0 Å². The molecule has 1 rings (SSSR count). The highest BCUT2D eigenvalue weighted by molar-refractivity contribution is 5.85. The van der Waals surface area contributed by atoms with Gasteiger partial charge in [-0.2, -0.15) is 0 Å². The zero-order valence-corrected chi connectivity index (χ0v) is 6.55. The van der Waals surface area contributed by atoms with Gasteiger partial charge in [-0.25, -0.2) is 0 Å². The van der Waals surface area contributed by atoms with Crippen LogP contribution >= 0.6 is 12.4 Å². The summed E-state index contributed by atoms with van der Waals surface area (Å²) in [4.78, 5) is 0. The van der Waals surface area contributed by atoms with Gasteiger partial charge in [-0.05, 0) is 0 Å². The van der Waals surface area contributed by atoms with Gasteiger partial charge in [0.2, 0.25) is 0 Å². The van der Waals surface area contributed by atoms with Crippen molar-refractivity contribution in [3.8, 4) is 0 Å². The van der Waals surface area contributed by atoms with Gasteiger partial charge in [0, 0.05) is 26.2 Å². The zero-order valence-electron chi connectivity index (χ0n) is 5.74. The van der Waals surface area contributed by atoms with Crippen molar-refractivity contribution >= 4 is 12.4 Å². The molecule has 0 unspecified atom stereocenters. The molecule has 1 heterocycles. The third-order valence-electron chi connectivity index (χ3n) is 0.957. The standard InChI is InChI=1S/C4H10N2.ClH.3H2O/c1-2-6-4-3-5-1;;;;/h5-6H,1-4H2;1H;3*1H2. The van der Waals surface area contributed by atoms with Crippen LogP contribution in [0.2, 0.25) is 0 Å². The minimum atomic E-state index is 0. The summed E-state index contributed by atoms with van der Waals surface area (Å²) in [6.07, 6.45) is 0. The Kier molecular flexibility index (Phi) is 36.1. The van der Waals surface area contributed by atoms with Crippen molar-refractivity contribution < 1.29 is 16.4 Å². The summed E-state index contributed by atoms with van der Waals surface area (Å²) in [5.41, 5.74) is 0. The minimum absolute atomic E-state index is 0. The average Bonchev–Trinajstić information content (AvgIpc) is 1.72. The average molecular weight is 177 g/mol. The van der Waals surface area contributed by atoms with Gasteiger partial charge in [-0.1, -0.05) is 0 Å². The molecule has 0 amide bonds. The summed E-state index contributed by atoms with van der Waals surface area (Å²) in [6.45, 7) is 4.56. The normalized spacial score (nSPS) is 14.4. The van der Waals surface area contributed by atoms with Crippen LogP contribution < -0.4 is 10.6 Å². The lowest BCUT2D eigenvalue weighted by molar-refractivity contribution is 0.534. The van der Waals surface area contributed by atoms with Gasteiger partial charge >= 0.3 is 0 Å². The van der Waals surface area contributed by atoms with E-state index in [9.17, 15) is 0 Å². The Balaban J connectivity index is -0.0000000450. The molecule has 8 N–H and O–H groups in total. The molecule has 0 saturated carbocycles. The van der Waals surface area contributed by atoms with E-state index in [1.165, 1.54) is 0 Å². The number of halogens is 1. The molecule has 1 aliphatic rings. The molecule has 0 atom stereocenters. The second-order valence-corrected chi connectivity index (χ2v) is 1.50. The molecule has 0 aromatic carbocycles. The first-order chi connectivity index (χ1) is 3.00. The van der Waals surface area contributed by atoms with E-state index >= 15 is 0 Å². The predicted molar refractivity (Wildman–Crippen MR) is 43.8 cm³/mol. The largest absolute Gasteiger partial charge is 0.412 e. The monoisotopic (exact) mass is 176 g/mol. The topological polar surface area (TPSA) is 119 Å². The van der Waals surface area contributed by atoms with Crippen LogP contribution in [0.1, 0.15) is 0 Å². The van der Waals surface area contributed by atoms with E-state index in [1.807, 2.05) is 0 Å². The van der Waals surface area contributed by atoms with Gasteiger partial charge in [0.25, 0.3) is 0 Å². The molecule has 0 aromatic heterocycles. The van der Waals surface area contributed by atoms with E-state index in [-0.39, 0.29) is 28.8 Å². The van der Waals surface area contributed by atoms with Gasteiger partial charge in [-0.3, -0.25) is 0 Å². The summed E-state index contributed by atoms with van der Waals surface area (Å²) in [5, 5.41) is 6.44. The lowest BCUT2D eigenvalue weighted by Gasteiger charge is -2.11. The van der Waals surface area contributed by atoms with Crippen molar-refractivity contribution in [2.24, 2.45) is 0 Å². The molecule has 68 valence electrons. The summed E-state index contributed by atoms with van der Waals surface area (Å²) in [5.74, 6) is 0. The molecule has 0 aromatic rings. The Hall–Kier alpha value is 0.0900. The highest BCUT2D eigenvalue weighted by Gasteiger charge is 1.91. The first-order valence-corrected chi connectivity index (χ1v) is 2.41. The highest BCUT2D eigenvalue weighted by atomic mass is 35.5. The van der Waals surface area contributed by atoms with Crippen molar-refractivity contribution in [1.29, 1.82) is 0 Å². The van der Waals surface area contributed by atoms with Gasteiger partial charge < -0.3 is 27.1 Å². The second-order valence-electron chi connectivity index (χ2n) is 1.50. The fourth-order valence-corrected chi connectivity index (χ4v) is 0.604. The maximum absolute atomic E-state index is 3.22. The smallest absolute Gasteiger partial charge is 0.00772 e. The maximum Gasteiger partial charge on any atom is 0.00772 e. The van der Waals surface area contributed by atoms with Crippen molar-refractivity contribution in [2.45, 2.75) is 0 Å². The number of piperazine rings is 1. The van der Waals surface area contributed by atoms with E-state index in [0.717, 1.165) is 26.2 Å². The third-order valence-corrected chi connectivity index (χ3v) is 0.957. The molecule has 1 aliphatic heterocycles. The number of nitrogens with one attached hydrogen (secondary N) is 2. The molecule has 5 nitrogen and oxygen atoms in total. The molecular formula is C4H17ClN2O3. The molecule has 0 aliphatic carbocycles. The van der Waals surface area contributed by atoms with Gasteiger partial charge in [0.15, 0.2) is 0 Å². The summed E-state index contributed by atoms with van der Waals surface area (Å²) in [7, 11) is 0. The van der Waals surface area contributed by atoms with E-state index in [2.05, 4.69) is 10.6 Å².